The molecule has 1 unspecified atom stereocenters. The maximum atomic E-state index is 13.1. The van der Waals surface area contributed by atoms with Gasteiger partial charge < -0.3 is 5.11 Å². The molecule has 1 fully saturated rings. The van der Waals surface area contributed by atoms with Crippen LogP contribution < -0.4 is 4.72 Å². The summed E-state index contributed by atoms with van der Waals surface area (Å²) < 4.78 is 52.9. The molecule has 0 saturated heterocycles. The highest BCUT2D eigenvalue weighted by Crippen LogP contribution is 2.36. The molecule has 23 heavy (non-hydrogen) atoms. The number of nitrogens with one attached hydrogen (secondary N) is 1. The van der Waals surface area contributed by atoms with Crippen molar-refractivity contribution in [3.05, 3.63) is 35.9 Å². The Hall–Kier alpha value is -1.05. The number of hydrogen-bond donors (Lipinski definition) is 2. The van der Waals surface area contributed by atoms with Crippen LogP contribution in [0.2, 0.25) is 0 Å². The van der Waals surface area contributed by atoms with Crippen LogP contribution in [0, 0.1) is 5.92 Å². The summed E-state index contributed by atoms with van der Waals surface area (Å²) in [5.41, 5.74) is -0.714. The molecule has 4 nitrogen and oxygen atoms in total. The van der Waals surface area contributed by atoms with Crippen LogP contribution in [0.5, 0.6) is 0 Å². The third kappa shape index (κ3) is 5.51. The molecule has 0 spiro atoms. The molecule has 1 saturated carbocycles. The van der Waals surface area contributed by atoms with Gasteiger partial charge in [0.25, 0.3) is 0 Å². The number of halogens is 2. The normalized spacial score (nSPS) is 21.7. The van der Waals surface area contributed by atoms with E-state index in [1.54, 1.807) is 24.3 Å². The first kappa shape index (κ1) is 18.3. The Morgan fingerprint density at radius 3 is 2.39 bits per heavy atom. The zero-order valence-corrected chi connectivity index (χ0v) is 14.0. The first-order valence-corrected chi connectivity index (χ1v) is 9.38. The van der Waals surface area contributed by atoms with Gasteiger partial charge in [-0.3, -0.25) is 0 Å². The van der Waals surface area contributed by atoms with E-state index in [4.69, 9.17) is 0 Å². The van der Waals surface area contributed by atoms with Gasteiger partial charge in [-0.15, -0.1) is 0 Å². The molecule has 1 aliphatic carbocycles. The average molecular weight is 347 g/mol. The molecular weight excluding hydrogens is 324 g/mol. The van der Waals surface area contributed by atoms with E-state index in [1.165, 1.54) is 6.92 Å². The van der Waals surface area contributed by atoms with E-state index in [0.717, 1.165) is 0 Å². The van der Waals surface area contributed by atoms with E-state index >= 15 is 0 Å². The molecule has 130 valence electrons. The van der Waals surface area contributed by atoms with E-state index in [9.17, 15) is 22.3 Å². The largest absolute Gasteiger partial charge is 0.384 e. The van der Waals surface area contributed by atoms with Crippen LogP contribution in [0.4, 0.5) is 8.78 Å². The lowest BCUT2D eigenvalue weighted by Crippen LogP contribution is -2.41. The van der Waals surface area contributed by atoms with E-state index in [2.05, 4.69) is 4.72 Å². The third-order valence-electron chi connectivity index (χ3n) is 4.32. The second kappa shape index (κ2) is 6.83. The standard InChI is InChI=1S/C16H23F2NO3S/c1-15(20,14-5-3-2-4-6-14)12-19-23(21,22)11-13-7-9-16(17,18)10-8-13/h2-6,13,19-20H,7-12H2,1H3. The molecule has 2 N–H and O–H groups in total. The van der Waals surface area contributed by atoms with Gasteiger partial charge in [-0.05, 0) is 31.2 Å². The monoisotopic (exact) mass is 347 g/mol. The lowest BCUT2D eigenvalue weighted by Gasteiger charge is -2.29. The second-order valence-electron chi connectivity index (χ2n) is 6.54. The van der Waals surface area contributed by atoms with Crippen LogP contribution >= 0.6 is 0 Å². The summed E-state index contributed by atoms with van der Waals surface area (Å²) >= 11 is 0. The first-order valence-electron chi connectivity index (χ1n) is 7.73. The molecule has 0 amide bonds. The maximum Gasteiger partial charge on any atom is 0.248 e. The molecule has 7 heteroatoms. The zero-order valence-electron chi connectivity index (χ0n) is 13.1. The summed E-state index contributed by atoms with van der Waals surface area (Å²) in [6.07, 6.45) is -0.0875. The summed E-state index contributed by atoms with van der Waals surface area (Å²) in [7, 11) is -3.61. The van der Waals surface area contributed by atoms with Crippen LogP contribution in [0.3, 0.4) is 0 Å². The first-order chi connectivity index (χ1) is 10.6. The lowest BCUT2D eigenvalue weighted by molar-refractivity contribution is -0.0435. The fourth-order valence-electron chi connectivity index (χ4n) is 2.79. The quantitative estimate of drug-likeness (QED) is 0.831. The molecule has 1 aromatic carbocycles. The lowest BCUT2D eigenvalue weighted by atomic mass is 9.88. The highest BCUT2D eigenvalue weighted by Gasteiger charge is 2.36. The number of aliphatic hydroxyl groups is 1. The summed E-state index contributed by atoms with van der Waals surface area (Å²) in [5, 5.41) is 10.4. The number of hydrogen-bond acceptors (Lipinski definition) is 3. The van der Waals surface area contributed by atoms with Gasteiger partial charge >= 0.3 is 0 Å². The highest BCUT2D eigenvalue weighted by atomic mass is 32.2. The van der Waals surface area contributed by atoms with Gasteiger partial charge in [-0.1, -0.05) is 30.3 Å². The van der Waals surface area contributed by atoms with Gasteiger partial charge in [-0.2, -0.15) is 0 Å². The Kier molecular flexibility index (Phi) is 5.43. The summed E-state index contributed by atoms with van der Waals surface area (Å²) in [6, 6.07) is 8.78. The molecule has 0 bridgehead atoms. The molecule has 1 atom stereocenters. The molecule has 0 aliphatic heterocycles. The summed E-state index contributed by atoms with van der Waals surface area (Å²) in [5.74, 6) is -3.09. The fourth-order valence-corrected chi connectivity index (χ4v) is 4.36. The van der Waals surface area contributed by atoms with Gasteiger partial charge in [0.2, 0.25) is 15.9 Å². The Balaban J connectivity index is 1.89. The molecule has 1 aromatic rings. The maximum absolute atomic E-state index is 13.1. The predicted molar refractivity (Wildman–Crippen MR) is 84.7 cm³/mol. The number of sulfonamides is 1. The summed E-state index contributed by atoms with van der Waals surface area (Å²) in [4.78, 5) is 0. The number of rotatable bonds is 6. The Labute approximate surface area is 136 Å². The third-order valence-corrected chi connectivity index (χ3v) is 5.82. The van der Waals surface area contributed by atoms with Crippen LogP contribution in [0.15, 0.2) is 30.3 Å². The van der Waals surface area contributed by atoms with Crippen LogP contribution in [-0.4, -0.2) is 31.7 Å². The molecule has 2 rings (SSSR count). The molecule has 1 aliphatic rings. The average Bonchev–Trinajstić information content (AvgIpc) is 2.49. The van der Waals surface area contributed by atoms with Crippen molar-refractivity contribution in [2.75, 3.05) is 12.3 Å². The Morgan fingerprint density at radius 1 is 1.26 bits per heavy atom. The predicted octanol–water partition coefficient (Wildman–Crippen LogP) is 2.64. The zero-order chi connectivity index (χ0) is 17.1. The van der Waals surface area contributed by atoms with Crippen LogP contribution in [0.25, 0.3) is 0 Å². The van der Waals surface area contributed by atoms with E-state index in [-0.39, 0.29) is 43.9 Å². The van der Waals surface area contributed by atoms with E-state index < -0.39 is 21.5 Å². The minimum absolute atomic E-state index is 0.151. The minimum atomic E-state index is -3.61. The van der Waals surface area contributed by atoms with Gasteiger partial charge in [-0.25, -0.2) is 21.9 Å². The van der Waals surface area contributed by atoms with Crippen LogP contribution in [0.1, 0.15) is 38.2 Å². The van der Waals surface area contributed by atoms with Crippen molar-refractivity contribution >= 4 is 10.0 Å². The second-order valence-corrected chi connectivity index (χ2v) is 8.39. The molecule has 0 heterocycles. The van der Waals surface area contributed by atoms with Crippen molar-refractivity contribution < 1.29 is 22.3 Å². The van der Waals surface area contributed by atoms with Gasteiger partial charge in [0.15, 0.2) is 0 Å². The SMILES string of the molecule is CC(O)(CNS(=O)(=O)CC1CCC(F)(F)CC1)c1ccccc1. The highest BCUT2D eigenvalue weighted by molar-refractivity contribution is 7.89. The molecular formula is C16H23F2NO3S. The van der Waals surface area contributed by atoms with Crippen molar-refractivity contribution in [1.82, 2.24) is 4.72 Å². The van der Waals surface area contributed by atoms with E-state index in [1.807, 2.05) is 6.07 Å². The van der Waals surface area contributed by atoms with Gasteiger partial charge in [0, 0.05) is 19.4 Å². The van der Waals surface area contributed by atoms with Crippen molar-refractivity contribution in [2.24, 2.45) is 5.92 Å². The molecule has 0 aromatic heterocycles. The minimum Gasteiger partial charge on any atom is -0.384 e. The number of benzene rings is 1. The van der Waals surface area contributed by atoms with E-state index in [0.29, 0.717) is 5.56 Å². The Morgan fingerprint density at radius 2 is 1.83 bits per heavy atom. The van der Waals surface area contributed by atoms with Crippen molar-refractivity contribution in [3.8, 4) is 0 Å². The van der Waals surface area contributed by atoms with Gasteiger partial charge in [0.1, 0.15) is 5.60 Å². The smallest absolute Gasteiger partial charge is 0.248 e. The van der Waals surface area contributed by atoms with Gasteiger partial charge in [0.05, 0.1) is 5.75 Å². The number of alkyl halides is 2. The van der Waals surface area contributed by atoms with Crippen molar-refractivity contribution in [3.63, 3.8) is 0 Å². The topological polar surface area (TPSA) is 66.4 Å². The van der Waals surface area contributed by atoms with Crippen LogP contribution in [-0.2, 0) is 15.6 Å². The van der Waals surface area contributed by atoms with Crippen molar-refractivity contribution in [2.45, 2.75) is 44.1 Å². The van der Waals surface area contributed by atoms with Crippen molar-refractivity contribution in [1.29, 1.82) is 0 Å². The Bertz CT molecular complexity index is 607. The molecule has 0 radical (unpaired) electrons. The fraction of sp³-hybridized carbons (Fsp3) is 0.625. The summed E-state index contributed by atoms with van der Waals surface area (Å²) in [6.45, 7) is 1.38.